The lowest BCUT2D eigenvalue weighted by Crippen LogP contribution is -2.31. The summed E-state index contributed by atoms with van der Waals surface area (Å²) < 4.78 is 0. The lowest BCUT2D eigenvalue weighted by atomic mass is 10.0. The van der Waals surface area contributed by atoms with E-state index in [1.807, 2.05) is 37.2 Å². The van der Waals surface area contributed by atoms with E-state index < -0.39 is 10.8 Å². The van der Waals surface area contributed by atoms with Crippen LogP contribution in [0, 0.1) is 17.0 Å². The van der Waals surface area contributed by atoms with Gasteiger partial charge in [-0.05, 0) is 37.5 Å². The summed E-state index contributed by atoms with van der Waals surface area (Å²) in [4.78, 5) is 27.3. The topological polar surface area (TPSA) is 95.4 Å². The van der Waals surface area contributed by atoms with Crippen molar-refractivity contribution in [3.8, 4) is 0 Å². The standard InChI is InChI=1S/C17H21N5O3/c1-11-16(22(24)25)15(19-18-11)17(23)21-9-5-8-14(21)12-6-4-7-13(10-12)20(2)3/h4,6-7,10,14H,5,8-9H2,1-3H3,(H,18,19)/t14-/m0/s1. The molecule has 0 aliphatic carbocycles. The van der Waals surface area contributed by atoms with Gasteiger partial charge in [-0.3, -0.25) is 20.0 Å². The first-order chi connectivity index (χ1) is 11.9. The third-order valence-electron chi connectivity index (χ3n) is 4.59. The van der Waals surface area contributed by atoms with Gasteiger partial charge in [-0.1, -0.05) is 12.1 Å². The maximum Gasteiger partial charge on any atom is 0.322 e. The molecule has 2 heterocycles. The number of likely N-dealkylation sites (tertiary alicyclic amines) is 1. The molecule has 25 heavy (non-hydrogen) atoms. The molecule has 0 saturated carbocycles. The fourth-order valence-corrected chi connectivity index (χ4v) is 3.30. The van der Waals surface area contributed by atoms with Crippen molar-refractivity contribution in [3.05, 3.63) is 51.3 Å². The van der Waals surface area contributed by atoms with Gasteiger partial charge in [0.2, 0.25) is 5.69 Å². The number of carbonyl (C=O) groups excluding carboxylic acids is 1. The monoisotopic (exact) mass is 343 g/mol. The first kappa shape index (κ1) is 16.9. The zero-order valence-corrected chi connectivity index (χ0v) is 14.5. The first-order valence-electron chi connectivity index (χ1n) is 8.17. The number of aromatic amines is 1. The highest BCUT2D eigenvalue weighted by atomic mass is 16.6. The smallest absolute Gasteiger partial charge is 0.322 e. The Morgan fingerprint density at radius 2 is 2.20 bits per heavy atom. The molecule has 2 aromatic rings. The molecule has 1 N–H and O–H groups in total. The minimum Gasteiger partial charge on any atom is -0.378 e. The van der Waals surface area contributed by atoms with E-state index in [1.165, 1.54) is 0 Å². The Labute approximate surface area is 145 Å². The Kier molecular flexibility index (Phi) is 4.43. The maximum absolute atomic E-state index is 12.9. The van der Waals surface area contributed by atoms with E-state index in [9.17, 15) is 14.9 Å². The van der Waals surface area contributed by atoms with Crippen molar-refractivity contribution in [1.29, 1.82) is 0 Å². The molecule has 1 atom stereocenters. The molecule has 132 valence electrons. The molecule has 0 unspecified atom stereocenters. The number of carbonyl (C=O) groups is 1. The van der Waals surface area contributed by atoms with Gasteiger partial charge < -0.3 is 9.80 Å². The van der Waals surface area contributed by atoms with Crippen LogP contribution in [0.2, 0.25) is 0 Å². The molecule has 1 fully saturated rings. The van der Waals surface area contributed by atoms with Crippen LogP contribution < -0.4 is 4.90 Å². The Bertz CT molecular complexity index is 814. The van der Waals surface area contributed by atoms with E-state index in [4.69, 9.17) is 0 Å². The lowest BCUT2D eigenvalue weighted by molar-refractivity contribution is -0.385. The summed E-state index contributed by atoms with van der Waals surface area (Å²) in [6, 6.07) is 7.93. The van der Waals surface area contributed by atoms with Gasteiger partial charge in [0, 0.05) is 26.3 Å². The predicted molar refractivity (Wildman–Crippen MR) is 93.8 cm³/mol. The highest BCUT2D eigenvalue weighted by Crippen LogP contribution is 2.35. The number of benzene rings is 1. The van der Waals surface area contributed by atoms with Crippen LogP contribution in [0.3, 0.4) is 0 Å². The van der Waals surface area contributed by atoms with Gasteiger partial charge in [0.25, 0.3) is 5.91 Å². The van der Waals surface area contributed by atoms with Gasteiger partial charge in [-0.15, -0.1) is 0 Å². The zero-order chi connectivity index (χ0) is 18.1. The summed E-state index contributed by atoms with van der Waals surface area (Å²) in [6.07, 6.45) is 1.69. The molecule has 1 amide bonds. The van der Waals surface area contributed by atoms with Gasteiger partial charge in [-0.25, -0.2) is 0 Å². The number of nitrogens with one attached hydrogen (secondary N) is 1. The molecule has 0 bridgehead atoms. The number of hydrogen-bond acceptors (Lipinski definition) is 5. The van der Waals surface area contributed by atoms with Crippen molar-refractivity contribution in [2.45, 2.75) is 25.8 Å². The fraction of sp³-hybridized carbons (Fsp3) is 0.412. The van der Waals surface area contributed by atoms with Crippen molar-refractivity contribution in [2.24, 2.45) is 0 Å². The average molecular weight is 343 g/mol. The second-order valence-electron chi connectivity index (χ2n) is 6.45. The van der Waals surface area contributed by atoms with Crippen molar-refractivity contribution in [2.75, 3.05) is 25.5 Å². The number of H-pyrrole nitrogens is 1. The van der Waals surface area contributed by atoms with Crippen LogP contribution in [0.1, 0.15) is 40.6 Å². The van der Waals surface area contributed by atoms with E-state index >= 15 is 0 Å². The molecular weight excluding hydrogens is 322 g/mol. The van der Waals surface area contributed by atoms with Gasteiger partial charge in [0.1, 0.15) is 5.69 Å². The first-order valence-corrected chi connectivity index (χ1v) is 8.17. The second kappa shape index (κ2) is 6.54. The molecule has 0 radical (unpaired) electrons. The Morgan fingerprint density at radius 3 is 2.88 bits per heavy atom. The Hall–Kier alpha value is -2.90. The quantitative estimate of drug-likeness (QED) is 0.680. The predicted octanol–water partition coefficient (Wildman–Crippen LogP) is 2.67. The van der Waals surface area contributed by atoms with Crippen LogP contribution in [0.5, 0.6) is 0 Å². The van der Waals surface area contributed by atoms with Crippen LogP contribution in [-0.2, 0) is 0 Å². The van der Waals surface area contributed by atoms with Gasteiger partial charge in [0.15, 0.2) is 0 Å². The third-order valence-corrected chi connectivity index (χ3v) is 4.59. The van der Waals surface area contributed by atoms with Crippen LogP contribution in [0.15, 0.2) is 24.3 Å². The largest absolute Gasteiger partial charge is 0.378 e. The molecule has 3 rings (SSSR count). The number of hydrogen-bond donors (Lipinski definition) is 1. The van der Waals surface area contributed by atoms with Gasteiger partial charge in [0.05, 0.1) is 11.0 Å². The van der Waals surface area contributed by atoms with Crippen molar-refractivity contribution < 1.29 is 9.72 Å². The maximum atomic E-state index is 12.9. The zero-order valence-electron chi connectivity index (χ0n) is 14.5. The molecule has 1 saturated heterocycles. The highest BCUT2D eigenvalue weighted by molar-refractivity contribution is 5.97. The summed E-state index contributed by atoms with van der Waals surface area (Å²) in [5, 5.41) is 17.7. The minimum atomic E-state index is -0.552. The van der Waals surface area contributed by atoms with Crippen LogP contribution in [-0.4, -0.2) is 46.6 Å². The Morgan fingerprint density at radius 1 is 1.44 bits per heavy atom. The van der Waals surface area contributed by atoms with Crippen molar-refractivity contribution >= 4 is 17.3 Å². The number of anilines is 1. The molecule has 1 aliphatic rings. The Balaban J connectivity index is 1.93. The number of aromatic nitrogens is 2. The number of aryl methyl sites for hydroxylation is 1. The number of nitro groups is 1. The molecule has 8 heteroatoms. The third kappa shape index (κ3) is 3.07. The van der Waals surface area contributed by atoms with E-state index in [1.54, 1.807) is 11.8 Å². The average Bonchev–Trinajstić information content (AvgIpc) is 3.20. The molecule has 8 nitrogen and oxygen atoms in total. The lowest BCUT2D eigenvalue weighted by Gasteiger charge is -2.25. The minimum absolute atomic E-state index is 0.0935. The molecule has 1 aliphatic heterocycles. The normalized spacial score (nSPS) is 16.9. The van der Waals surface area contributed by atoms with Crippen LogP contribution in [0.4, 0.5) is 11.4 Å². The van der Waals surface area contributed by atoms with E-state index in [0.717, 1.165) is 24.1 Å². The molecule has 0 spiro atoms. The summed E-state index contributed by atoms with van der Waals surface area (Å²) in [6.45, 7) is 2.11. The van der Waals surface area contributed by atoms with Gasteiger partial charge >= 0.3 is 5.69 Å². The summed E-state index contributed by atoms with van der Waals surface area (Å²) in [5.41, 5.74) is 2.03. The van der Waals surface area contributed by atoms with E-state index in [-0.39, 0.29) is 17.4 Å². The van der Waals surface area contributed by atoms with E-state index in [2.05, 4.69) is 16.3 Å². The van der Waals surface area contributed by atoms with Crippen LogP contribution >= 0.6 is 0 Å². The summed E-state index contributed by atoms with van der Waals surface area (Å²) in [7, 11) is 3.93. The molecular formula is C17H21N5O3. The number of nitrogens with zero attached hydrogens (tertiary/aromatic N) is 4. The molecule has 1 aromatic heterocycles. The fourth-order valence-electron chi connectivity index (χ4n) is 3.30. The van der Waals surface area contributed by atoms with Crippen molar-refractivity contribution in [1.82, 2.24) is 15.1 Å². The van der Waals surface area contributed by atoms with Gasteiger partial charge in [-0.2, -0.15) is 5.10 Å². The van der Waals surface area contributed by atoms with Crippen LogP contribution in [0.25, 0.3) is 0 Å². The summed E-state index contributed by atoms with van der Waals surface area (Å²) >= 11 is 0. The SMILES string of the molecule is Cc1[nH]nc(C(=O)N2CCC[C@H]2c2cccc(N(C)C)c2)c1[N+](=O)[O-]. The number of rotatable bonds is 4. The summed E-state index contributed by atoms with van der Waals surface area (Å²) in [5.74, 6) is -0.395. The molecule has 1 aromatic carbocycles. The van der Waals surface area contributed by atoms with E-state index in [0.29, 0.717) is 12.2 Å². The number of amides is 1. The second-order valence-corrected chi connectivity index (χ2v) is 6.45. The van der Waals surface area contributed by atoms with Crippen molar-refractivity contribution in [3.63, 3.8) is 0 Å². The highest BCUT2D eigenvalue weighted by Gasteiger charge is 2.36.